The van der Waals surface area contributed by atoms with Gasteiger partial charge in [-0.25, -0.2) is 13.6 Å². The van der Waals surface area contributed by atoms with Crippen molar-refractivity contribution in [3.05, 3.63) is 57.5 Å². The zero-order valence-corrected chi connectivity index (χ0v) is 18.5. The summed E-state index contributed by atoms with van der Waals surface area (Å²) in [4.78, 5) is 32.4. The highest BCUT2D eigenvalue weighted by molar-refractivity contribution is 6.06. The third-order valence-electron chi connectivity index (χ3n) is 4.77. The molecule has 0 radical (unpaired) electrons. The minimum Gasteiger partial charge on any atom is -0.464 e. The van der Waals surface area contributed by atoms with Gasteiger partial charge >= 0.3 is 11.9 Å². The van der Waals surface area contributed by atoms with Crippen LogP contribution in [0.2, 0.25) is 0 Å². The smallest absolute Gasteiger partial charge is 0.425 e. The van der Waals surface area contributed by atoms with E-state index < -0.39 is 70.6 Å². The second-order valence-corrected chi connectivity index (χ2v) is 7.07. The van der Waals surface area contributed by atoms with E-state index in [9.17, 15) is 32.3 Å². The fourth-order valence-corrected chi connectivity index (χ4v) is 2.94. The number of alkyl halides is 3. The molecular formula is C20H16F5N7O4. The molecule has 16 heteroatoms. The van der Waals surface area contributed by atoms with Crippen LogP contribution in [0, 0.1) is 23.0 Å². The lowest BCUT2D eigenvalue weighted by Gasteiger charge is -2.19. The number of carbonyl (C=O) groups excluding carboxylic acids is 1. The van der Waals surface area contributed by atoms with E-state index in [4.69, 9.17) is 10.00 Å². The van der Waals surface area contributed by atoms with Crippen LogP contribution in [0.15, 0.2) is 23.3 Å². The number of rotatable bonds is 7. The lowest BCUT2D eigenvalue weighted by molar-refractivity contribution is -0.190. The van der Waals surface area contributed by atoms with Crippen molar-refractivity contribution in [1.29, 1.82) is 5.26 Å². The van der Waals surface area contributed by atoms with Crippen molar-refractivity contribution in [3.8, 4) is 17.8 Å². The number of hydrogen-bond acceptors (Lipinski definition) is 8. The van der Waals surface area contributed by atoms with E-state index >= 15 is 4.39 Å². The maximum atomic E-state index is 15.0. The van der Waals surface area contributed by atoms with Crippen molar-refractivity contribution in [2.45, 2.75) is 39.3 Å². The van der Waals surface area contributed by atoms with Gasteiger partial charge in [0.25, 0.3) is 5.91 Å². The molecule has 3 aromatic heterocycles. The van der Waals surface area contributed by atoms with Crippen LogP contribution in [-0.4, -0.2) is 47.6 Å². The number of nitrogens with one attached hydrogen (secondary N) is 1. The molecule has 0 bridgehead atoms. The Kier molecular flexibility index (Phi) is 7.34. The molecule has 0 aliphatic heterocycles. The second kappa shape index (κ2) is 10.1. The van der Waals surface area contributed by atoms with Gasteiger partial charge in [0.15, 0.2) is 29.4 Å². The van der Waals surface area contributed by atoms with Crippen LogP contribution in [-0.2, 0) is 13.2 Å². The molecule has 3 rings (SSSR count). The van der Waals surface area contributed by atoms with E-state index in [0.717, 1.165) is 10.8 Å². The summed E-state index contributed by atoms with van der Waals surface area (Å²) in [6.07, 6.45) is -5.89. The standard InChI is InChI=1S/C20H16F5N7O4/c1-3-31-14(8-33)30-32(19(31)35)16-12(21)4-11(18(29-16)36-9(2)20(23,24)25)17(34)28-15-10(5-26)6-27-7-13(15)22/h4,6-7,9,33H,3,8H2,1-2H3,(H,27,28,34). The molecule has 1 unspecified atom stereocenters. The SMILES string of the molecule is CCn1c(CO)nn(-c2nc(OC(C)C(F)(F)F)c(C(=O)Nc3c(F)cncc3C#N)cc2F)c1=O. The van der Waals surface area contributed by atoms with E-state index in [1.54, 1.807) is 6.07 Å². The molecule has 0 saturated heterocycles. The van der Waals surface area contributed by atoms with Gasteiger partial charge in [0.2, 0.25) is 5.88 Å². The van der Waals surface area contributed by atoms with Gasteiger partial charge in [-0.1, -0.05) is 0 Å². The van der Waals surface area contributed by atoms with Crippen LogP contribution in [0.1, 0.15) is 35.6 Å². The Balaban J connectivity index is 2.17. The number of halogens is 5. The maximum Gasteiger partial charge on any atom is 0.425 e. The van der Waals surface area contributed by atoms with E-state index in [0.29, 0.717) is 23.9 Å². The third-order valence-corrected chi connectivity index (χ3v) is 4.77. The van der Waals surface area contributed by atoms with Crippen LogP contribution in [0.25, 0.3) is 5.82 Å². The first kappa shape index (κ1) is 26.2. The van der Waals surface area contributed by atoms with E-state index in [1.807, 2.05) is 5.32 Å². The summed E-state index contributed by atoms with van der Waals surface area (Å²) in [6.45, 7) is 1.41. The van der Waals surface area contributed by atoms with E-state index in [-0.39, 0.29) is 12.4 Å². The number of nitrogens with zero attached hydrogens (tertiary/aromatic N) is 6. The summed E-state index contributed by atoms with van der Waals surface area (Å²) >= 11 is 0. The largest absolute Gasteiger partial charge is 0.464 e. The van der Waals surface area contributed by atoms with Crippen molar-refractivity contribution >= 4 is 11.6 Å². The fourth-order valence-electron chi connectivity index (χ4n) is 2.94. The monoisotopic (exact) mass is 513 g/mol. The molecule has 190 valence electrons. The summed E-state index contributed by atoms with van der Waals surface area (Å²) < 4.78 is 74.7. The summed E-state index contributed by atoms with van der Waals surface area (Å²) in [6, 6.07) is 1.98. The highest BCUT2D eigenvalue weighted by atomic mass is 19.4. The van der Waals surface area contributed by atoms with Crippen LogP contribution in [0.5, 0.6) is 5.88 Å². The zero-order chi connectivity index (χ0) is 26.8. The van der Waals surface area contributed by atoms with Crippen molar-refractivity contribution in [3.63, 3.8) is 0 Å². The molecule has 0 fully saturated rings. The van der Waals surface area contributed by atoms with E-state index in [1.165, 1.54) is 6.92 Å². The third kappa shape index (κ3) is 5.00. The Morgan fingerprint density at radius 1 is 1.31 bits per heavy atom. The fraction of sp³-hybridized carbons (Fsp3) is 0.300. The average Bonchev–Trinajstić information content (AvgIpc) is 3.15. The molecular weight excluding hydrogens is 497 g/mol. The Labute approximate surface area is 198 Å². The van der Waals surface area contributed by atoms with E-state index in [2.05, 4.69) is 15.1 Å². The predicted molar refractivity (Wildman–Crippen MR) is 110 cm³/mol. The highest BCUT2D eigenvalue weighted by Gasteiger charge is 2.39. The molecule has 11 nitrogen and oxygen atoms in total. The maximum absolute atomic E-state index is 15.0. The Morgan fingerprint density at radius 3 is 2.56 bits per heavy atom. The number of pyridine rings is 2. The lowest BCUT2D eigenvalue weighted by Crippen LogP contribution is -2.33. The quantitative estimate of drug-likeness (QED) is 0.457. The molecule has 36 heavy (non-hydrogen) atoms. The highest BCUT2D eigenvalue weighted by Crippen LogP contribution is 2.29. The zero-order valence-electron chi connectivity index (χ0n) is 18.5. The Bertz CT molecular complexity index is 1410. The molecule has 0 saturated carbocycles. The van der Waals surface area contributed by atoms with Gasteiger partial charge in [0.05, 0.1) is 17.4 Å². The second-order valence-electron chi connectivity index (χ2n) is 7.07. The lowest BCUT2D eigenvalue weighted by atomic mass is 10.2. The first-order valence-corrected chi connectivity index (χ1v) is 10.0. The summed E-state index contributed by atoms with van der Waals surface area (Å²) in [7, 11) is 0. The van der Waals surface area contributed by atoms with Gasteiger partial charge in [-0.15, -0.1) is 5.10 Å². The van der Waals surface area contributed by atoms with Crippen molar-refractivity contribution in [2.75, 3.05) is 5.32 Å². The van der Waals surface area contributed by atoms with Gasteiger partial charge in [-0.05, 0) is 19.9 Å². The minimum absolute atomic E-state index is 0.0179. The van der Waals surface area contributed by atoms with Gasteiger partial charge in [-0.3, -0.25) is 14.3 Å². The number of aromatic nitrogens is 5. The van der Waals surface area contributed by atoms with Gasteiger partial charge in [0.1, 0.15) is 18.2 Å². The topological polar surface area (TPSA) is 148 Å². The number of hydrogen-bond donors (Lipinski definition) is 2. The number of aliphatic hydroxyl groups excluding tert-OH is 1. The first-order chi connectivity index (χ1) is 16.9. The van der Waals surface area contributed by atoms with Crippen LogP contribution in [0.3, 0.4) is 0 Å². The molecule has 0 aromatic carbocycles. The number of amides is 1. The average molecular weight is 513 g/mol. The van der Waals surface area contributed by atoms with Crippen molar-refractivity contribution in [2.24, 2.45) is 0 Å². The normalized spacial score (nSPS) is 12.2. The number of ether oxygens (including phenoxy) is 1. The number of nitriles is 1. The molecule has 3 aromatic rings. The summed E-state index contributed by atoms with van der Waals surface area (Å²) in [5, 5.41) is 24.2. The number of aliphatic hydroxyl groups is 1. The van der Waals surface area contributed by atoms with Gasteiger partial charge in [0, 0.05) is 12.7 Å². The van der Waals surface area contributed by atoms with Gasteiger partial charge < -0.3 is 15.2 Å². The predicted octanol–water partition coefficient (Wildman–Crippen LogP) is 2.07. The Morgan fingerprint density at radius 2 is 2.00 bits per heavy atom. The molecule has 0 aliphatic rings. The van der Waals surface area contributed by atoms with Crippen LogP contribution < -0.4 is 15.7 Å². The van der Waals surface area contributed by atoms with Crippen LogP contribution >= 0.6 is 0 Å². The van der Waals surface area contributed by atoms with Gasteiger partial charge in [-0.2, -0.15) is 28.1 Å². The summed E-state index contributed by atoms with van der Waals surface area (Å²) in [5.41, 5.74) is -2.97. The molecule has 0 spiro atoms. The first-order valence-electron chi connectivity index (χ1n) is 10.0. The van der Waals surface area contributed by atoms with Crippen molar-refractivity contribution < 1.29 is 36.6 Å². The number of anilines is 1. The molecule has 3 heterocycles. The minimum atomic E-state index is -4.93. The van der Waals surface area contributed by atoms with Crippen molar-refractivity contribution in [1.82, 2.24) is 24.3 Å². The molecule has 2 N–H and O–H groups in total. The molecule has 1 amide bonds. The number of carbonyl (C=O) groups is 1. The van der Waals surface area contributed by atoms with Crippen LogP contribution in [0.4, 0.5) is 27.6 Å². The Hall–Kier alpha value is -4.39. The molecule has 0 aliphatic carbocycles. The summed E-state index contributed by atoms with van der Waals surface area (Å²) in [5.74, 6) is -6.07. The molecule has 1 atom stereocenters.